The minimum Gasteiger partial charge on any atom is -0.494 e. The van der Waals surface area contributed by atoms with Crippen LogP contribution in [0.5, 0.6) is 5.75 Å². The van der Waals surface area contributed by atoms with Gasteiger partial charge >= 0.3 is 6.03 Å². The van der Waals surface area contributed by atoms with E-state index in [-0.39, 0.29) is 17.9 Å². The predicted octanol–water partition coefficient (Wildman–Crippen LogP) is 3.24. The number of nitrogens with zero attached hydrogens (tertiary/aromatic N) is 1. The van der Waals surface area contributed by atoms with E-state index < -0.39 is 0 Å². The number of hydrogen-bond donors (Lipinski definition) is 2. The predicted molar refractivity (Wildman–Crippen MR) is 101 cm³/mol. The van der Waals surface area contributed by atoms with Crippen molar-refractivity contribution in [3.05, 3.63) is 48.4 Å². The Morgan fingerprint density at radius 2 is 1.93 bits per heavy atom. The summed E-state index contributed by atoms with van der Waals surface area (Å²) in [7, 11) is 0. The van der Waals surface area contributed by atoms with Gasteiger partial charge in [-0.05, 0) is 56.2 Å². The van der Waals surface area contributed by atoms with E-state index in [9.17, 15) is 9.59 Å². The molecule has 1 saturated heterocycles. The van der Waals surface area contributed by atoms with Gasteiger partial charge in [-0.25, -0.2) is 4.79 Å². The molecule has 3 amide bonds. The van der Waals surface area contributed by atoms with E-state index in [1.54, 1.807) is 17.2 Å². The summed E-state index contributed by atoms with van der Waals surface area (Å²) >= 11 is 0. The van der Waals surface area contributed by atoms with Gasteiger partial charge in [-0.1, -0.05) is 0 Å². The van der Waals surface area contributed by atoms with Crippen molar-refractivity contribution in [3.8, 4) is 5.75 Å². The van der Waals surface area contributed by atoms with Crippen molar-refractivity contribution < 1.29 is 18.7 Å². The maximum absolute atomic E-state index is 12.5. The lowest BCUT2D eigenvalue weighted by Crippen LogP contribution is -2.45. The Balaban J connectivity index is 1.42. The summed E-state index contributed by atoms with van der Waals surface area (Å²) in [6.07, 6.45) is 2.88. The number of furan rings is 1. The lowest BCUT2D eigenvalue weighted by atomic mass is 9.96. The summed E-state index contributed by atoms with van der Waals surface area (Å²) in [5.41, 5.74) is 0.752. The molecule has 0 atom stereocenters. The first kappa shape index (κ1) is 18.8. The average Bonchev–Trinajstić information content (AvgIpc) is 3.21. The van der Waals surface area contributed by atoms with Crippen molar-refractivity contribution in [1.82, 2.24) is 10.2 Å². The molecule has 1 aromatic heterocycles. The number of hydrogen-bond acceptors (Lipinski definition) is 4. The van der Waals surface area contributed by atoms with Crippen LogP contribution in [0.2, 0.25) is 0 Å². The molecule has 0 aliphatic carbocycles. The molecule has 2 heterocycles. The van der Waals surface area contributed by atoms with E-state index in [1.165, 1.54) is 0 Å². The molecule has 2 N–H and O–H groups in total. The van der Waals surface area contributed by atoms with Gasteiger partial charge < -0.3 is 24.7 Å². The van der Waals surface area contributed by atoms with Gasteiger partial charge in [0.15, 0.2) is 0 Å². The number of anilines is 1. The largest absolute Gasteiger partial charge is 0.494 e. The van der Waals surface area contributed by atoms with Crippen molar-refractivity contribution >= 4 is 17.6 Å². The van der Waals surface area contributed by atoms with E-state index in [2.05, 4.69) is 10.6 Å². The third-order valence-electron chi connectivity index (χ3n) is 4.58. The number of nitrogens with one attached hydrogen (secondary N) is 2. The summed E-state index contributed by atoms with van der Waals surface area (Å²) in [5.74, 6) is 1.40. The van der Waals surface area contributed by atoms with Crippen LogP contribution in [0.3, 0.4) is 0 Å². The number of likely N-dealkylation sites (tertiary alicyclic amines) is 1. The molecule has 144 valence electrons. The quantitative estimate of drug-likeness (QED) is 0.816. The summed E-state index contributed by atoms with van der Waals surface area (Å²) in [5, 5.41) is 5.78. The highest BCUT2D eigenvalue weighted by Gasteiger charge is 2.27. The maximum atomic E-state index is 12.5. The molecule has 1 fully saturated rings. The van der Waals surface area contributed by atoms with Crippen molar-refractivity contribution in [2.75, 3.05) is 25.0 Å². The van der Waals surface area contributed by atoms with Crippen molar-refractivity contribution in [1.29, 1.82) is 0 Å². The highest BCUT2D eigenvalue weighted by atomic mass is 16.5. The summed E-state index contributed by atoms with van der Waals surface area (Å²) in [6, 6.07) is 10.8. The van der Waals surface area contributed by atoms with Gasteiger partial charge in [0, 0.05) is 24.7 Å². The number of urea groups is 1. The number of carbonyl (C=O) groups excluding carboxylic acids is 2. The van der Waals surface area contributed by atoms with Gasteiger partial charge in [0.25, 0.3) is 0 Å². The third kappa shape index (κ3) is 5.26. The second kappa shape index (κ2) is 9.12. The Labute approximate surface area is 158 Å². The lowest BCUT2D eigenvalue weighted by Gasteiger charge is -2.31. The topological polar surface area (TPSA) is 83.8 Å². The van der Waals surface area contributed by atoms with Crippen LogP contribution in [0.4, 0.5) is 10.5 Å². The first-order chi connectivity index (χ1) is 13.2. The first-order valence-electron chi connectivity index (χ1n) is 9.24. The Kier molecular flexibility index (Phi) is 6.35. The fraction of sp³-hybridized carbons (Fsp3) is 0.400. The molecular weight excluding hydrogens is 346 g/mol. The number of carbonyl (C=O) groups is 2. The first-order valence-corrected chi connectivity index (χ1v) is 9.24. The van der Waals surface area contributed by atoms with E-state index in [4.69, 9.17) is 9.15 Å². The molecule has 3 rings (SSSR count). The van der Waals surface area contributed by atoms with Crippen LogP contribution in [-0.2, 0) is 11.3 Å². The highest BCUT2D eigenvalue weighted by Crippen LogP contribution is 2.21. The Bertz CT molecular complexity index is 735. The van der Waals surface area contributed by atoms with Gasteiger partial charge in [-0.15, -0.1) is 0 Å². The van der Waals surface area contributed by atoms with Crippen molar-refractivity contribution in [2.45, 2.75) is 26.3 Å². The molecule has 7 nitrogen and oxygen atoms in total. The monoisotopic (exact) mass is 371 g/mol. The normalized spacial score (nSPS) is 14.6. The van der Waals surface area contributed by atoms with Crippen LogP contribution < -0.4 is 15.4 Å². The standard InChI is InChI=1S/C20H25N3O4/c1-2-26-17-7-5-16(6-8-17)22-19(24)15-9-11-23(12-10-15)20(25)21-14-18-4-3-13-27-18/h3-8,13,15H,2,9-12,14H2,1H3,(H,21,25)(H,22,24). The van der Waals surface area contributed by atoms with Gasteiger partial charge in [0.2, 0.25) is 5.91 Å². The molecular formula is C20H25N3O4. The van der Waals surface area contributed by atoms with E-state index in [0.29, 0.717) is 44.8 Å². The molecule has 1 aliphatic rings. The smallest absolute Gasteiger partial charge is 0.317 e. The van der Waals surface area contributed by atoms with Crippen LogP contribution in [-0.4, -0.2) is 36.5 Å². The fourth-order valence-electron chi connectivity index (χ4n) is 3.08. The minimum absolute atomic E-state index is 0.00481. The zero-order valence-corrected chi connectivity index (χ0v) is 15.4. The van der Waals surface area contributed by atoms with Gasteiger partial charge in [-0.2, -0.15) is 0 Å². The second-order valence-electron chi connectivity index (χ2n) is 6.45. The molecule has 0 radical (unpaired) electrons. The number of piperidine rings is 1. The van der Waals surface area contributed by atoms with Gasteiger partial charge in [-0.3, -0.25) is 4.79 Å². The fourth-order valence-corrected chi connectivity index (χ4v) is 3.08. The molecule has 27 heavy (non-hydrogen) atoms. The van der Waals surface area contributed by atoms with Crippen LogP contribution >= 0.6 is 0 Å². The molecule has 2 aromatic rings. The SMILES string of the molecule is CCOc1ccc(NC(=O)C2CCN(C(=O)NCc3ccco3)CC2)cc1. The minimum atomic E-state index is -0.128. The highest BCUT2D eigenvalue weighted by molar-refractivity contribution is 5.92. The van der Waals surface area contributed by atoms with Crippen molar-refractivity contribution in [2.24, 2.45) is 5.92 Å². The van der Waals surface area contributed by atoms with Crippen LogP contribution in [0.1, 0.15) is 25.5 Å². The molecule has 7 heteroatoms. The Morgan fingerprint density at radius 1 is 1.19 bits per heavy atom. The third-order valence-corrected chi connectivity index (χ3v) is 4.58. The van der Waals surface area contributed by atoms with E-state index >= 15 is 0 Å². The number of benzene rings is 1. The Morgan fingerprint density at radius 3 is 2.56 bits per heavy atom. The molecule has 0 saturated carbocycles. The molecule has 0 unspecified atom stereocenters. The number of amides is 3. The maximum Gasteiger partial charge on any atom is 0.317 e. The average molecular weight is 371 g/mol. The summed E-state index contributed by atoms with van der Waals surface area (Å²) in [4.78, 5) is 26.4. The van der Waals surface area contributed by atoms with Gasteiger partial charge in [0.05, 0.1) is 19.4 Å². The van der Waals surface area contributed by atoms with Crippen LogP contribution in [0.25, 0.3) is 0 Å². The molecule has 0 bridgehead atoms. The number of ether oxygens (including phenoxy) is 1. The van der Waals surface area contributed by atoms with Crippen molar-refractivity contribution in [3.63, 3.8) is 0 Å². The molecule has 1 aliphatic heterocycles. The zero-order chi connectivity index (χ0) is 19.1. The zero-order valence-electron chi connectivity index (χ0n) is 15.4. The molecule has 1 aromatic carbocycles. The van der Waals surface area contributed by atoms with E-state index in [1.807, 2.05) is 37.3 Å². The summed E-state index contributed by atoms with van der Waals surface area (Å²) in [6.45, 7) is 4.03. The Hall–Kier alpha value is -2.96. The van der Waals surface area contributed by atoms with E-state index in [0.717, 1.165) is 11.4 Å². The van der Waals surface area contributed by atoms with Crippen LogP contribution in [0, 0.1) is 5.92 Å². The van der Waals surface area contributed by atoms with Crippen LogP contribution in [0.15, 0.2) is 47.1 Å². The van der Waals surface area contributed by atoms with Gasteiger partial charge in [0.1, 0.15) is 11.5 Å². The lowest BCUT2D eigenvalue weighted by molar-refractivity contribution is -0.121. The second-order valence-corrected chi connectivity index (χ2v) is 6.45. The molecule has 0 spiro atoms. The number of rotatable bonds is 6. The summed E-state index contributed by atoms with van der Waals surface area (Å²) < 4.78 is 10.6.